The van der Waals surface area contributed by atoms with E-state index in [-0.39, 0.29) is 5.91 Å². The number of rotatable bonds is 5. The molecule has 1 heterocycles. The van der Waals surface area contributed by atoms with Crippen molar-refractivity contribution in [3.8, 4) is 0 Å². The van der Waals surface area contributed by atoms with Gasteiger partial charge in [-0.1, -0.05) is 11.2 Å². The molecule has 0 bridgehead atoms. The number of aryl methyl sites for hydroxylation is 1. The molecule has 114 valence electrons. The zero-order chi connectivity index (χ0) is 15.9. The Morgan fingerprint density at radius 3 is 2.59 bits per heavy atom. The zero-order valence-corrected chi connectivity index (χ0v) is 12.1. The Kier molecular flexibility index (Phi) is 4.92. The van der Waals surface area contributed by atoms with E-state index in [4.69, 9.17) is 4.52 Å². The maximum Gasteiger partial charge on any atom is 0.323 e. The number of carbonyl (C=O) groups excluding carboxylic acids is 2. The van der Waals surface area contributed by atoms with Crippen molar-refractivity contribution in [1.29, 1.82) is 0 Å². The van der Waals surface area contributed by atoms with E-state index in [2.05, 4.69) is 27.7 Å². The molecule has 3 amide bonds. The lowest BCUT2D eigenvalue weighted by molar-refractivity contribution is 0.0958. The van der Waals surface area contributed by atoms with Gasteiger partial charge in [0, 0.05) is 17.8 Å². The van der Waals surface area contributed by atoms with E-state index in [9.17, 15) is 9.59 Å². The second-order valence-corrected chi connectivity index (χ2v) is 4.45. The van der Waals surface area contributed by atoms with E-state index in [0.717, 1.165) is 0 Å². The summed E-state index contributed by atoms with van der Waals surface area (Å²) in [4.78, 5) is 23.5. The number of hydrogen-bond donors (Lipinski definition) is 3. The number of aromatic nitrogens is 1. The second kappa shape index (κ2) is 7.07. The minimum Gasteiger partial charge on any atom is -0.359 e. The first kappa shape index (κ1) is 15.3. The third-order valence-electron chi connectivity index (χ3n) is 2.81. The van der Waals surface area contributed by atoms with Crippen LogP contribution in [-0.4, -0.2) is 23.6 Å². The lowest BCUT2D eigenvalue weighted by atomic mass is 10.2. The molecule has 0 aliphatic carbocycles. The van der Waals surface area contributed by atoms with E-state index >= 15 is 0 Å². The van der Waals surface area contributed by atoms with E-state index in [1.807, 2.05) is 0 Å². The fourth-order valence-electron chi connectivity index (χ4n) is 1.68. The Hall–Kier alpha value is -3.09. The second-order valence-electron chi connectivity index (χ2n) is 4.45. The van der Waals surface area contributed by atoms with Crippen LogP contribution >= 0.6 is 0 Å². The standard InChI is InChI=1S/C15H16N4O3/c1-3-8-16-14(20)11-4-6-12(7-5-11)18-15(21)19-13-9-17-22-10(13)2/h3-7,9H,1,8H2,2H3,(H,16,20)(H2,18,19,21). The highest BCUT2D eigenvalue weighted by molar-refractivity contribution is 6.00. The molecule has 0 spiro atoms. The van der Waals surface area contributed by atoms with Gasteiger partial charge in [0.2, 0.25) is 0 Å². The van der Waals surface area contributed by atoms with Gasteiger partial charge < -0.3 is 20.5 Å². The molecule has 0 saturated heterocycles. The van der Waals surface area contributed by atoms with Crippen molar-refractivity contribution in [2.24, 2.45) is 0 Å². The summed E-state index contributed by atoms with van der Waals surface area (Å²) in [6.07, 6.45) is 3.02. The topological polar surface area (TPSA) is 96.3 Å². The summed E-state index contributed by atoms with van der Waals surface area (Å²) in [5.74, 6) is 0.320. The molecule has 0 aliphatic rings. The monoisotopic (exact) mass is 300 g/mol. The number of hydrogen-bond acceptors (Lipinski definition) is 4. The predicted molar refractivity (Wildman–Crippen MR) is 82.9 cm³/mol. The highest BCUT2D eigenvalue weighted by atomic mass is 16.5. The number of anilines is 2. The highest BCUT2D eigenvalue weighted by Gasteiger charge is 2.09. The van der Waals surface area contributed by atoms with Crippen LogP contribution < -0.4 is 16.0 Å². The Bertz CT molecular complexity index is 676. The summed E-state index contributed by atoms with van der Waals surface area (Å²) in [7, 11) is 0. The fourth-order valence-corrected chi connectivity index (χ4v) is 1.68. The third-order valence-corrected chi connectivity index (χ3v) is 2.81. The Balaban J connectivity index is 1.93. The molecule has 0 fully saturated rings. The van der Waals surface area contributed by atoms with Crippen LogP contribution in [0.3, 0.4) is 0 Å². The van der Waals surface area contributed by atoms with Crippen molar-refractivity contribution < 1.29 is 14.1 Å². The van der Waals surface area contributed by atoms with Gasteiger partial charge in [0.15, 0.2) is 5.76 Å². The first-order valence-electron chi connectivity index (χ1n) is 6.58. The van der Waals surface area contributed by atoms with E-state index < -0.39 is 6.03 Å². The predicted octanol–water partition coefficient (Wildman–Crippen LogP) is 2.54. The molecule has 0 radical (unpaired) electrons. The molecule has 1 aromatic carbocycles. The Labute approximate surface area is 127 Å². The lowest BCUT2D eigenvalue weighted by Gasteiger charge is -2.07. The minimum atomic E-state index is -0.421. The molecular weight excluding hydrogens is 284 g/mol. The van der Waals surface area contributed by atoms with Gasteiger partial charge in [-0.25, -0.2) is 4.79 Å². The number of nitrogens with zero attached hydrogens (tertiary/aromatic N) is 1. The maximum absolute atomic E-state index is 11.8. The van der Waals surface area contributed by atoms with Crippen LogP contribution in [0.5, 0.6) is 0 Å². The Morgan fingerprint density at radius 1 is 1.27 bits per heavy atom. The quantitative estimate of drug-likeness (QED) is 0.739. The van der Waals surface area contributed by atoms with Crippen LogP contribution in [0.15, 0.2) is 47.6 Å². The van der Waals surface area contributed by atoms with Crippen LogP contribution in [0.4, 0.5) is 16.2 Å². The first-order chi connectivity index (χ1) is 10.6. The van der Waals surface area contributed by atoms with Gasteiger partial charge in [0.25, 0.3) is 5.91 Å². The number of carbonyl (C=O) groups is 2. The number of benzene rings is 1. The normalized spacial score (nSPS) is 9.86. The third kappa shape index (κ3) is 3.95. The largest absolute Gasteiger partial charge is 0.359 e. The summed E-state index contributed by atoms with van der Waals surface area (Å²) < 4.78 is 4.85. The summed E-state index contributed by atoms with van der Waals surface area (Å²) in [6, 6.07) is 6.11. The van der Waals surface area contributed by atoms with Crippen molar-refractivity contribution in [3.05, 3.63) is 54.4 Å². The fraction of sp³-hybridized carbons (Fsp3) is 0.133. The van der Waals surface area contributed by atoms with Crippen LogP contribution in [0, 0.1) is 6.92 Å². The number of amides is 3. The molecule has 2 aromatic rings. The van der Waals surface area contributed by atoms with Crippen molar-refractivity contribution in [2.75, 3.05) is 17.2 Å². The van der Waals surface area contributed by atoms with Crippen LogP contribution in [0.1, 0.15) is 16.1 Å². The van der Waals surface area contributed by atoms with E-state index in [0.29, 0.717) is 29.2 Å². The number of nitrogens with one attached hydrogen (secondary N) is 3. The van der Waals surface area contributed by atoms with Gasteiger partial charge in [-0.15, -0.1) is 6.58 Å². The highest BCUT2D eigenvalue weighted by Crippen LogP contribution is 2.14. The van der Waals surface area contributed by atoms with Gasteiger partial charge in [-0.3, -0.25) is 4.79 Å². The first-order valence-corrected chi connectivity index (χ1v) is 6.58. The van der Waals surface area contributed by atoms with Gasteiger partial charge in [-0.05, 0) is 31.2 Å². The summed E-state index contributed by atoms with van der Waals surface area (Å²) in [6.45, 7) is 5.63. The molecule has 0 aliphatic heterocycles. The number of urea groups is 1. The van der Waals surface area contributed by atoms with Gasteiger partial charge in [-0.2, -0.15) is 0 Å². The molecular formula is C15H16N4O3. The van der Waals surface area contributed by atoms with Crippen LogP contribution in [-0.2, 0) is 0 Å². The maximum atomic E-state index is 11.8. The Morgan fingerprint density at radius 2 is 2.00 bits per heavy atom. The van der Waals surface area contributed by atoms with E-state index in [1.54, 1.807) is 37.3 Å². The van der Waals surface area contributed by atoms with Gasteiger partial charge in [0.1, 0.15) is 5.69 Å². The van der Waals surface area contributed by atoms with Crippen LogP contribution in [0.25, 0.3) is 0 Å². The molecule has 0 saturated carbocycles. The molecule has 0 unspecified atom stereocenters. The van der Waals surface area contributed by atoms with Gasteiger partial charge in [0.05, 0.1) is 6.20 Å². The molecule has 2 rings (SSSR count). The van der Waals surface area contributed by atoms with E-state index in [1.165, 1.54) is 6.20 Å². The smallest absolute Gasteiger partial charge is 0.323 e. The van der Waals surface area contributed by atoms with Crippen LogP contribution in [0.2, 0.25) is 0 Å². The molecule has 7 heteroatoms. The minimum absolute atomic E-state index is 0.198. The van der Waals surface area contributed by atoms with Crippen molar-refractivity contribution in [2.45, 2.75) is 6.92 Å². The summed E-state index contributed by atoms with van der Waals surface area (Å²) in [5.41, 5.74) is 1.56. The summed E-state index contributed by atoms with van der Waals surface area (Å²) in [5, 5.41) is 11.5. The van der Waals surface area contributed by atoms with Gasteiger partial charge >= 0.3 is 6.03 Å². The van der Waals surface area contributed by atoms with Crippen molar-refractivity contribution >= 4 is 23.3 Å². The molecule has 1 aromatic heterocycles. The molecule has 22 heavy (non-hydrogen) atoms. The lowest BCUT2D eigenvalue weighted by Crippen LogP contribution is -2.23. The molecule has 7 nitrogen and oxygen atoms in total. The zero-order valence-electron chi connectivity index (χ0n) is 12.1. The SMILES string of the molecule is C=CCNC(=O)c1ccc(NC(=O)Nc2cnoc2C)cc1. The molecule has 0 atom stereocenters. The van der Waals surface area contributed by atoms with Crippen molar-refractivity contribution in [3.63, 3.8) is 0 Å². The summed E-state index contributed by atoms with van der Waals surface area (Å²) >= 11 is 0. The average molecular weight is 300 g/mol. The average Bonchev–Trinajstić information content (AvgIpc) is 2.90. The molecule has 3 N–H and O–H groups in total. The van der Waals surface area contributed by atoms with Crippen molar-refractivity contribution in [1.82, 2.24) is 10.5 Å².